The smallest absolute Gasteiger partial charge is 0.119 e. The van der Waals surface area contributed by atoms with E-state index < -0.39 is 0 Å². The predicted octanol–water partition coefficient (Wildman–Crippen LogP) is 2.65. The van der Waals surface area contributed by atoms with Crippen molar-refractivity contribution in [3.8, 4) is 17.6 Å². The molecule has 0 radical (unpaired) electrons. The fraction of sp³-hybridized carbons (Fsp3) is 0.250. The van der Waals surface area contributed by atoms with E-state index in [0.717, 1.165) is 15.5 Å². The number of ether oxygens (including phenoxy) is 2. The van der Waals surface area contributed by atoms with Crippen LogP contribution < -0.4 is 10.5 Å². The van der Waals surface area contributed by atoms with Crippen LogP contribution in [0.15, 0.2) is 42.5 Å². The second-order valence-corrected chi connectivity index (χ2v) is 5.15. The van der Waals surface area contributed by atoms with Gasteiger partial charge < -0.3 is 15.2 Å². The zero-order valence-electron chi connectivity index (χ0n) is 11.2. The summed E-state index contributed by atoms with van der Waals surface area (Å²) in [5.74, 6) is 6.72. The van der Waals surface area contributed by atoms with E-state index in [-0.39, 0.29) is 0 Å². The third-order valence-corrected chi connectivity index (χ3v) is 3.43. The van der Waals surface area contributed by atoms with Crippen LogP contribution in [-0.2, 0) is 11.3 Å². The summed E-state index contributed by atoms with van der Waals surface area (Å²) < 4.78 is 11.1. The number of para-hydroxylation sites is 1. The van der Waals surface area contributed by atoms with Crippen molar-refractivity contribution in [3.05, 3.63) is 52.2 Å². The zero-order chi connectivity index (χ0) is 14.0. The molecule has 104 valence electrons. The highest BCUT2D eigenvalue weighted by atomic mass is 32.1. The molecule has 3 nitrogen and oxygen atoms in total. The number of benzene rings is 1. The first-order valence-electron chi connectivity index (χ1n) is 6.42. The van der Waals surface area contributed by atoms with E-state index in [1.165, 1.54) is 0 Å². The lowest BCUT2D eigenvalue weighted by molar-refractivity contribution is 0.0905. The van der Waals surface area contributed by atoms with Gasteiger partial charge in [-0.25, -0.2) is 0 Å². The first-order valence-corrected chi connectivity index (χ1v) is 7.23. The Bertz CT molecular complexity index is 569. The standard InChI is InChI=1S/C16H17NO2S/c17-10-4-7-15-8-9-16(20-15)13-18-11-12-19-14-5-2-1-3-6-14/h1-3,5-6,8-9H,10-13,17H2. The Labute approximate surface area is 123 Å². The Hall–Kier alpha value is -1.80. The summed E-state index contributed by atoms with van der Waals surface area (Å²) in [5.41, 5.74) is 5.34. The molecule has 2 aromatic rings. The molecule has 0 fully saturated rings. The number of hydrogen-bond acceptors (Lipinski definition) is 4. The van der Waals surface area contributed by atoms with Crippen molar-refractivity contribution in [2.75, 3.05) is 19.8 Å². The van der Waals surface area contributed by atoms with Crippen molar-refractivity contribution in [2.45, 2.75) is 6.61 Å². The molecule has 0 atom stereocenters. The van der Waals surface area contributed by atoms with Gasteiger partial charge in [0.25, 0.3) is 0 Å². The molecular weight excluding hydrogens is 270 g/mol. The number of rotatable bonds is 6. The Morgan fingerprint density at radius 1 is 1.05 bits per heavy atom. The highest BCUT2D eigenvalue weighted by Crippen LogP contribution is 2.16. The molecule has 0 aliphatic carbocycles. The third kappa shape index (κ3) is 5.06. The summed E-state index contributed by atoms with van der Waals surface area (Å²) in [5, 5.41) is 0. The molecule has 0 unspecified atom stereocenters. The van der Waals surface area contributed by atoms with Crippen LogP contribution in [0.25, 0.3) is 0 Å². The van der Waals surface area contributed by atoms with Crippen LogP contribution in [-0.4, -0.2) is 19.8 Å². The van der Waals surface area contributed by atoms with E-state index in [2.05, 4.69) is 11.8 Å². The SMILES string of the molecule is NCC#Cc1ccc(COCCOc2ccccc2)s1. The average Bonchev–Trinajstić information content (AvgIpc) is 2.94. The van der Waals surface area contributed by atoms with Crippen molar-refractivity contribution < 1.29 is 9.47 Å². The molecule has 1 aromatic carbocycles. The predicted molar refractivity (Wildman–Crippen MR) is 81.8 cm³/mol. The molecule has 0 saturated heterocycles. The molecule has 0 aliphatic rings. The zero-order valence-corrected chi connectivity index (χ0v) is 12.0. The van der Waals surface area contributed by atoms with E-state index in [1.807, 2.05) is 42.5 Å². The lowest BCUT2D eigenvalue weighted by Gasteiger charge is -2.06. The van der Waals surface area contributed by atoms with Gasteiger partial charge in [0.05, 0.1) is 24.6 Å². The van der Waals surface area contributed by atoms with E-state index in [4.69, 9.17) is 15.2 Å². The minimum absolute atomic E-state index is 0.389. The van der Waals surface area contributed by atoms with Gasteiger partial charge in [-0.15, -0.1) is 11.3 Å². The molecule has 20 heavy (non-hydrogen) atoms. The Morgan fingerprint density at radius 3 is 2.70 bits per heavy atom. The molecule has 0 saturated carbocycles. The monoisotopic (exact) mass is 287 g/mol. The number of hydrogen-bond donors (Lipinski definition) is 1. The van der Waals surface area contributed by atoms with Gasteiger partial charge >= 0.3 is 0 Å². The van der Waals surface area contributed by atoms with Gasteiger partial charge in [-0.2, -0.15) is 0 Å². The Kier molecular flexibility index (Phi) is 6.12. The lowest BCUT2D eigenvalue weighted by atomic mass is 10.3. The normalized spacial score (nSPS) is 9.85. The topological polar surface area (TPSA) is 44.5 Å². The van der Waals surface area contributed by atoms with Gasteiger partial charge in [0.1, 0.15) is 12.4 Å². The van der Waals surface area contributed by atoms with Crippen LogP contribution in [0.4, 0.5) is 0 Å². The maximum absolute atomic E-state index is 5.57. The van der Waals surface area contributed by atoms with Gasteiger partial charge in [-0.1, -0.05) is 30.0 Å². The molecule has 2 N–H and O–H groups in total. The van der Waals surface area contributed by atoms with E-state index in [0.29, 0.717) is 26.4 Å². The summed E-state index contributed by atoms with van der Waals surface area (Å²) in [6, 6.07) is 13.8. The van der Waals surface area contributed by atoms with Crippen LogP contribution in [0.2, 0.25) is 0 Å². The van der Waals surface area contributed by atoms with Crippen molar-refractivity contribution in [2.24, 2.45) is 5.73 Å². The van der Waals surface area contributed by atoms with Gasteiger partial charge in [0.15, 0.2) is 0 Å². The maximum Gasteiger partial charge on any atom is 0.119 e. The summed E-state index contributed by atoms with van der Waals surface area (Å²) in [7, 11) is 0. The second-order valence-electron chi connectivity index (χ2n) is 3.99. The first-order chi connectivity index (χ1) is 9.88. The maximum atomic E-state index is 5.57. The van der Waals surface area contributed by atoms with Crippen LogP contribution in [0.1, 0.15) is 9.75 Å². The van der Waals surface area contributed by atoms with E-state index in [9.17, 15) is 0 Å². The number of thiophene rings is 1. The molecule has 0 spiro atoms. The summed E-state index contributed by atoms with van der Waals surface area (Å²) in [6.45, 7) is 2.10. The number of nitrogens with two attached hydrogens (primary N) is 1. The molecule has 1 aromatic heterocycles. The highest BCUT2D eigenvalue weighted by molar-refractivity contribution is 7.12. The molecule has 0 bridgehead atoms. The van der Waals surface area contributed by atoms with Crippen molar-refractivity contribution in [1.29, 1.82) is 0 Å². The quantitative estimate of drug-likeness (QED) is 0.656. The second kappa shape index (κ2) is 8.39. The van der Waals surface area contributed by atoms with Gasteiger partial charge in [0, 0.05) is 4.88 Å². The van der Waals surface area contributed by atoms with E-state index in [1.54, 1.807) is 11.3 Å². The van der Waals surface area contributed by atoms with Crippen LogP contribution in [0, 0.1) is 11.8 Å². The lowest BCUT2D eigenvalue weighted by Crippen LogP contribution is -2.06. The van der Waals surface area contributed by atoms with Crippen molar-refractivity contribution >= 4 is 11.3 Å². The average molecular weight is 287 g/mol. The van der Waals surface area contributed by atoms with Gasteiger partial charge in [0.2, 0.25) is 0 Å². The Morgan fingerprint density at radius 2 is 1.90 bits per heavy atom. The summed E-state index contributed by atoms with van der Waals surface area (Å²) >= 11 is 1.63. The fourth-order valence-electron chi connectivity index (χ4n) is 1.57. The largest absolute Gasteiger partial charge is 0.491 e. The Balaban J connectivity index is 1.65. The van der Waals surface area contributed by atoms with Crippen molar-refractivity contribution in [3.63, 3.8) is 0 Å². The summed E-state index contributed by atoms with van der Waals surface area (Å²) in [4.78, 5) is 2.18. The summed E-state index contributed by atoms with van der Waals surface area (Å²) in [6.07, 6.45) is 0. The van der Waals surface area contributed by atoms with Gasteiger partial charge in [-0.3, -0.25) is 0 Å². The van der Waals surface area contributed by atoms with Crippen molar-refractivity contribution in [1.82, 2.24) is 0 Å². The molecule has 0 aliphatic heterocycles. The molecular formula is C16H17NO2S. The minimum Gasteiger partial charge on any atom is -0.491 e. The molecule has 2 rings (SSSR count). The highest BCUT2D eigenvalue weighted by Gasteiger charge is 1.98. The van der Waals surface area contributed by atoms with Gasteiger partial charge in [-0.05, 0) is 24.3 Å². The van der Waals surface area contributed by atoms with Crippen LogP contribution >= 0.6 is 11.3 Å². The third-order valence-electron chi connectivity index (χ3n) is 2.46. The van der Waals surface area contributed by atoms with E-state index >= 15 is 0 Å². The molecule has 4 heteroatoms. The molecule has 1 heterocycles. The van der Waals surface area contributed by atoms with Crippen LogP contribution in [0.5, 0.6) is 5.75 Å². The fourth-order valence-corrected chi connectivity index (χ4v) is 2.39. The van der Waals surface area contributed by atoms with Crippen LogP contribution in [0.3, 0.4) is 0 Å². The minimum atomic E-state index is 0.389. The first kappa shape index (κ1) is 14.6. The molecule has 0 amide bonds.